The summed E-state index contributed by atoms with van der Waals surface area (Å²) in [4.78, 5) is 11.5. The molecular formula is C13H18O2Si. The van der Waals surface area contributed by atoms with Crippen LogP contribution in [-0.4, -0.2) is 14.3 Å². The lowest BCUT2D eigenvalue weighted by Gasteiger charge is -2.23. The average Bonchev–Trinajstić information content (AvgIpc) is 2.17. The summed E-state index contributed by atoms with van der Waals surface area (Å²) in [5.41, 5.74) is 1.66. The van der Waals surface area contributed by atoms with E-state index in [0.717, 1.165) is 5.19 Å². The van der Waals surface area contributed by atoms with Gasteiger partial charge in [-0.3, -0.25) is 0 Å². The summed E-state index contributed by atoms with van der Waals surface area (Å²) in [6.45, 7) is 11.3. The smallest absolute Gasteiger partial charge is 0.320 e. The highest BCUT2D eigenvalue weighted by Crippen LogP contribution is 2.09. The SMILES string of the molecule is C=C(C)C(=O)O[Si](C)(C)c1ccc(C)cc1. The maximum absolute atomic E-state index is 11.5. The maximum Gasteiger partial charge on any atom is 0.320 e. The van der Waals surface area contributed by atoms with Gasteiger partial charge in [-0.1, -0.05) is 36.4 Å². The number of benzene rings is 1. The van der Waals surface area contributed by atoms with Gasteiger partial charge >= 0.3 is 5.97 Å². The summed E-state index contributed by atoms with van der Waals surface area (Å²) in [5.74, 6) is -0.294. The molecule has 0 saturated heterocycles. The zero-order valence-corrected chi connectivity index (χ0v) is 11.3. The molecule has 1 aromatic rings. The highest BCUT2D eigenvalue weighted by Gasteiger charge is 2.29. The Kier molecular flexibility index (Phi) is 3.70. The maximum atomic E-state index is 11.5. The third kappa shape index (κ3) is 3.07. The molecule has 0 unspecified atom stereocenters. The van der Waals surface area contributed by atoms with Crippen molar-refractivity contribution in [1.82, 2.24) is 0 Å². The van der Waals surface area contributed by atoms with Gasteiger partial charge in [0.15, 0.2) is 0 Å². The summed E-state index contributed by atoms with van der Waals surface area (Å²) in [5, 5.41) is 1.12. The van der Waals surface area contributed by atoms with Crippen LogP contribution in [0.1, 0.15) is 12.5 Å². The molecule has 3 heteroatoms. The number of aryl methyl sites for hydroxylation is 1. The minimum absolute atomic E-state index is 0.294. The standard InChI is InChI=1S/C13H18O2Si/c1-10(2)13(14)15-16(4,5)12-8-6-11(3)7-9-12/h6-9H,1H2,2-5H3. The number of hydrogen-bond donors (Lipinski definition) is 0. The van der Waals surface area contributed by atoms with Crippen LogP contribution in [0.15, 0.2) is 36.4 Å². The van der Waals surface area contributed by atoms with Crippen LogP contribution >= 0.6 is 0 Å². The third-order valence-corrected chi connectivity index (χ3v) is 4.86. The number of carbonyl (C=O) groups is 1. The number of rotatable bonds is 3. The summed E-state index contributed by atoms with van der Waals surface area (Å²) < 4.78 is 5.53. The normalized spacial score (nSPS) is 11.0. The molecule has 0 N–H and O–H groups in total. The minimum Gasteiger partial charge on any atom is -0.512 e. The molecule has 0 aliphatic heterocycles. The zero-order chi connectivity index (χ0) is 12.3. The molecule has 0 aromatic heterocycles. The summed E-state index contributed by atoms with van der Waals surface area (Å²) >= 11 is 0. The molecule has 0 fully saturated rings. The molecule has 0 aliphatic carbocycles. The summed E-state index contributed by atoms with van der Waals surface area (Å²) in [7, 11) is -2.14. The van der Waals surface area contributed by atoms with Crippen LogP contribution < -0.4 is 5.19 Å². The molecule has 0 radical (unpaired) electrons. The molecule has 0 amide bonds. The van der Waals surface area contributed by atoms with Crippen molar-refractivity contribution in [3.63, 3.8) is 0 Å². The number of carbonyl (C=O) groups excluding carboxylic acids is 1. The molecule has 0 saturated carbocycles. The Bertz CT molecular complexity index is 404. The molecule has 0 aliphatic rings. The van der Waals surface area contributed by atoms with Crippen molar-refractivity contribution in [1.29, 1.82) is 0 Å². The van der Waals surface area contributed by atoms with E-state index < -0.39 is 8.32 Å². The monoisotopic (exact) mass is 234 g/mol. The van der Waals surface area contributed by atoms with Crippen LogP contribution in [-0.2, 0) is 9.22 Å². The van der Waals surface area contributed by atoms with E-state index in [1.54, 1.807) is 6.92 Å². The Balaban J connectivity index is 2.89. The molecule has 2 nitrogen and oxygen atoms in total. The van der Waals surface area contributed by atoms with E-state index in [2.05, 4.69) is 6.58 Å². The van der Waals surface area contributed by atoms with Gasteiger partial charge in [0.2, 0.25) is 0 Å². The van der Waals surface area contributed by atoms with Crippen LogP contribution in [0.4, 0.5) is 0 Å². The van der Waals surface area contributed by atoms with Gasteiger partial charge in [-0.15, -0.1) is 0 Å². The largest absolute Gasteiger partial charge is 0.512 e. The van der Waals surface area contributed by atoms with Crippen molar-refractivity contribution >= 4 is 19.5 Å². The average molecular weight is 234 g/mol. The quantitative estimate of drug-likeness (QED) is 0.593. The summed E-state index contributed by atoms with van der Waals surface area (Å²) in [6, 6.07) is 8.15. The molecular weight excluding hydrogens is 216 g/mol. The lowest BCUT2D eigenvalue weighted by atomic mass is 10.2. The lowest BCUT2D eigenvalue weighted by molar-refractivity contribution is -0.130. The van der Waals surface area contributed by atoms with Crippen molar-refractivity contribution in [2.24, 2.45) is 0 Å². The van der Waals surface area contributed by atoms with E-state index in [4.69, 9.17) is 4.43 Å². The predicted molar refractivity (Wildman–Crippen MR) is 69.2 cm³/mol. The molecule has 1 rings (SSSR count). The van der Waals surface area contributed by atoms with E-state index >= 15 is 0 Å². The third-order valence-electron chi connectivity index (χ3n) is 2.44. The second-order valence-corrected chi connectivity index (χ2v) is 8.35. The fraction of sp³-hybridized carbons (Fsp3) is 0.308. The molecule has 16 heavy (non-hydrogen) atoms. The van der Waals surface area contributed by atoms with E-state index in [0.29, 0.717) is 5.57 Å². The predicted octanol–water partition coefficient (Wildman–Crippen LogP) is 2.53. The van der Waals surface area contributed by atoms with Crippen molar-refractivity contribution in [3.05, 3.63) is 42.0 Å². The van der Waals surface area contributed by atoms with Crippen molar-refractivity contribution in [2.45, 2.75) is 26.9 Å². The zero-order valence-electron chi connectivity index (χ0n) is 10.3. The van der Waals surface area contributed by atoms with E-state index in [1.807, 2.05) is 44.3 Å². The lowest BCUT2D eigenvalue weighted by Crippen LogP contribution is -2.46. The second-order valence-electron chi connectivity index (χ2n) is 4.55. The minimum atomic E-state index is -2.14. The van der Waals surface area contributed by atoms with E-state index in [-0.39, 0.29) is 5.97 Å². The second kappa shape index (κ2) is 4.66. The van der Waals surface area contributed by atoms with E-state index in [9.17, 15) is 4.79 Å². The first kappa shape index (κ1) is 12.7. The van der Waals surface area contributed by atoms with Crippen molar-refractivity contribution < 1.29 is 9.22 Å². The summed E-state index contributed by atoms with van der Waals surface area (Å²) in [6.07, 6.45) is 0. The highest BCUT2D eigenvalue weighted by molar-refractivity contribution is 6.85. The van der Waals surface area contributed by atoms with Crippen molar-refractivity contribution in [2.75, 3.05) is 0 Å². The van der Waals surface area contributed by atoms with E-state index in [1.165, 1.54) is 5.56 Å². The Morgan fingerprint density at radius 2 is 1.75 bits per heavy atom. The van der Waals surface area contributed by atoms with Gasteiger partial charge in [-0.2, -0.15) is 0 Å². The number of hydrogen-bond acceptors (Lipinski definition) is 2. The van der Waals surface area contributed by atoms with Gasteiger partial charge < -0.3 is 4.43 Å². The van der Waals surface area contributed by atoms with Gasteiger partial charge in [0.05, 0.1) is 0 Å². The van der Waals surface area contributed by atoms with Crippen LogP contribution in [0.2, 0.25) is 13.1 Å². The Hall–Kier alpha value is -1.35. The molecule has 0 heterocycles. The molecule has 1 aromatic carbocycles. The molecule has 0 bridgehead atoms. The van der Waals surface area contributed by atoms with Gasteiger partial charge in [-0.25, -0.2) is 4.79 Å². The Morgan fingerprint density at radius 3 is 2.19 bits per heavy atom. The van der Waals surface area contributed by atoms with Crippen LogP contribution in [0.25, 0.3) is 0 Å². The topological polar surface area (TPSA) is 26.3 Å². The molecule has 86 valence electrons. The van der Waals surface area contributed by atoms with Crippen LogP contribution in [0.5, 0.6) is 0 Å². The van der Waals surface area contributed by atoms with Gasteiger partial charge in [0.25, 0.3) is 8.32 Å². The van der Waals surface area contributed by atoms with Gasteiger partial charge in [0, 0.05) is 5.57 Å². The highest BCUT2D eigenvalue weighted by atomic mass is 28.4. The molecule has 0 atom stereocenters. The van der Waals surface area contributed by atoms with Gasteiger partial charge in [-0.05, 0) is 32.1 Å². The van der Waals surface area contributed by atoms with Crippen molar-refractivity contribution in [3.8, 4) is 0 Å². The van der Waals surface area contributed by atoms with Gasteiger partial charge in [0.1, 0.15) is 0 Å². The Labute approximate surface area is 98.1 Å². The van der Waals surface area contributed by atoms with Crippen LogP contribution in [0.3, 0.4) is 0 Å². The first-order valence-electron chi connectivity index (χ1n) is 5.29. The Morgan fingerprint density at radius 1 is 1.25 bits per heavy atom. The molecule has 0 spiro atoms. The fourth-order valence-corrected chi connectivity index (χ4v) is 3.06. The first-order valence-corrected chi connectivity index (χ1v) is 8.20. The fourth-order valence-electron chi connectivity index (χ4n) is 1.33. The van der Waals surface area contributed by atoms with Crippen LogP contribution in [0, 0.1) is 6.92 Å². The first-order chi connectivity index (χ1) is 7.33.